The summed E-state index contributed by atoms with van der Waals surface area (Å²) in [6.07, 6.45) is 1.57. The van der Waals surface area contributed by atoms with Crippen molar-refractivity contribution in [2.45, 2.75) is 31.2 Å². The van der Waals surface area contributed by atoms with Gasteiger partial charge >= 0.3 is 0 Å². The highest BCUT2D eigenvalue weighted by atomic mass is 35.5. The highest BCUT2D eigenvalue weighted by Crippen LogP contribution is 2.21. The molecule has 0 spiro atoms. The van der Waals surface area contributed by atoms with Crippen LogP contribution in [-0.2, 0) is 22.1 Å². The van der Waals surface area contributed by atoms with Gasteiger partial charge in [-0.1, -0.05) is 53.6 Å². The molecule has 0 fully saturated rings. The van der Waals surface area contributed by atoms with Gasteiger partial charge in [-0.15, -0.1) is 0 Å². The monoisotopic (exact) mass is 402 g/mol. The molecule has 7 heteroatoms. The Morgan fingerprint density at radius 3 is 2.26 bits per heavy atom. The predicted molar refractivity (Wildman–Crippen MR) is 107 cm³/mol. The average molecular weight is 403 g/mol. The Kier molecular flexibility index (Phi) is 5.48. The predicted octanol–water partition coefficient (Wildman–Crippen LogP) is 3.87. The molecule has 0 aliphatic heterocycles. The molecule has 0 N–H and O–H groups in total. The van der Waals surface area contributed by atoms with Crippen molar-refractivity contribution in [1.29, 1.82) is 0 Å². The fourth-order valence-corrected chi connectivity index (χ4v) is 4.20. The summed E-state index contributed by atoms with van der Waals surface area (Å²) in [5.41, 5.74) is 2.14. The van der Waals surface area contributed by atoms with Gasteiger partial charge in [0.1, 0.15) is 0 Å². The van der Waals surface area contributed by atoms with Crippen molar-refractivity contribution in [2.24, 2.45) is 0 Å². The molecule has 27 heavy (non-hydrogen) atoms. The van der Waals surface area contributed by atoms with E-state index in [-0.39, 0.29) is 5.75 Å². The van der Waals surface area contributed by atoms with E-state index in [2.05, 4.69) is 4.98 Å². The second kappa shape index (κ2) is 7.66. The second-order valence-electron chi connectivity index (χ2n) is 6.27. The van der Waals surface area contributed by atoms with Gasteiger partial charge < -0.3 is 4.57 Å². The smallest absolute Gasteiger partial charge is 0.288 e. The van der Waals surface area contributed by atoms with Crippen molar-refractivity contribution in [2.75, 3.05) is 0 Å². The van der Waals surface area contributed by atoms with Gasteiger partial charge in [-0.3, -0.25) is 4.79 Å². The van der Waals surface area contributed by atoms with Crippen LogP contribution < -0.4 is 5.56 Å². The molecule has 0 saturated carbocycles. The summed E-state index contributed by atoms with van der Waals surface area (Å²) in [4.78, 5) is 16.8. The van der Waals surface area contributed by atoms with Gasteiger partial charge in [-0.25, -0.2) is 13.4 Å². The number of rotatable bonds is 5. The first-order chi connectivity index (χ1) is 12.8. The van der Waals surface area contributed by atoms with E-state index in [4.69, 9.17) is 11.6 Å². The Labute approximate surface area is 163 Å². The van der Waals surface area contributed by atoms with E-state index in [1.54, 1.807) is 49.5 Å². The maximum absolute atomic E-state index is 12.9. The highest BCUT2D eigenvalue weighted by molar-refractivity contribution is 7.90. The molecule has 3 aromatic rings. The van der Waals surface area contributed by atoms with E-state index in [9.17, 15) is 13.2 Å². The van der Waals surface area contributed by atoms with Crippen LogP contribution in [0.5, 0.6) is 0 Å². The minimum atomic E-state index is -3.90. The third-order valence-corrected chi connectivity index (χ3v) is 6.02. The van der Waals surface area contributed by atoms with Gasteiger partial charge in [0, 0.05) is 23.3 Å². The summed E-state index contributed by atoms with van der Waals surface area (Å²) in [7, 11) is -3.90. The molecule has 3 rings (SSSR count). The molecule has 0 amide bonds. The van der Waals surface area contributed by atoms with Gasteiger partial charge in [-0.2, -0.15) is 0 Å². The van der Waals surface area contributed by atoms with Crippen LogP contribution in [0.3, 0.4) is 0 Å². The van der Waals surface area contributed by atoms with E-state index < -0.39 is 20.4 Å². The minimum Gasteiger partial charge on any atom is -0.311 e. The molecular weight excluding hydrogens is 384 g/mol. The lowest BCUT2D eigenvalue weighted by Gasteiger charge is -2.10. The van der Waals surface area contributed by atoms with Gasteiger partial charge in [0.15, 0.2) is 0 Å². The van der Waals surface area contributed by atoms with E-state index in [1.807, 2.05) is 19.1 Å². The zero-order chi connectivity index (χ0) is 19.6. The molecule has 2 aromatic carbocycles. The van der Waals surface area contributed by atoms with Crippen LogP contribution in [0, 0.1) is 6.92 Å². The zero-order valence-electron chi connectivity index (χ0n) is 15.0. The molecular formula is C20H19ClN2O3S. The van der Waals surface area contributed by atoms with Gasteiger partial charge in [0.05, 0.1) is 11.4 Å². The summed E-state index contributed by atoms with van der Waals surface area (Å²) in [5, 5.41) is 0.132. The van der Waals surface area contributed by atoms with Crippen LogP contribution in [0.4, 0.5) is 0 Å². The number of hydrogen-bond acceptors (Lipinski definition) is 4. The number of sulfone groups is 1. The molecule has 0 saturated heterocycles. The molecule has 0 aliphatic rings. The van der Waals surface area contributed by atoms with Gasteiger partial charge in [0.2, 0.25) is 14.9 Å². The van der Waals surface area contributed by atoms with Crippen molar-refractivity contribution in [1.82, 2.24) is 9.55 Å². The van der Waals surface area contributed by atoms with E-state index in [0.29, 0.717) is 28.4 Å². The lowest BCUT2D eigenvalue weighted by Crippen LogP contribution is -2.28. The molecule has 0 unspecified atom stereocenters. The van der Waals surface area contributed by atoms with Crippen LogP contribution >= 0.6 is 11.6 Å². The zero-order valence-corrected chi connectivity index (χ0v) is 16.6. The highest BCUT2D eigenvalue weighted by Gasteiger charge is 2.23. The maximum Gasteiger partial charge on any atom is 0.288 e. The van der Waals surface area contributed by atoms with E-state index in [1.165, 1.54) is 4.57 Å². The number of nitrogens with zero attached hydrogens (tertiary/aromatic N) is 2. The van der Waals surface area contributed by atoms with Crippen molar-refractivity contribution in [3.8, 4) is 11.3 Å². The number of halogens is 1. The van der Waals surface area contributed by atoms with Crippen LogP contribution in [0.25, 0.3) is 11.3 Å². The van der Waals surface area contributed by atoms with E-state index >= 15 is 0 Å². The number of aromatic nitrogens is 2. The Morgan fingerprint density at radius 1 is 1.04 bits per heavy atom. The normalized spacial score (nSPS) is 11.5. The van der Waals surface area contributed by atoms with Crippen LogP contribution in [0.15, 0.2) is 64.5 Å². The van der Waals surface area contributed by atoms with Crippen LogP contribution in [0.2, 0.25) is 5.02 Å². The fourth-order valence-electron chi connectivity index (χ4n) is 2.68. The van der Waals surface area contributed by atoms with Gasteiger partial charge in [-0.05, 0) is 31.5 Å². The number of hydrogen-bond donors (Lipinski definition) is 0. The molecule has 5 nitrogen and oxygen atoms in total. The molecule has 140 valence electrons. The van der Waals surface area contributed by atoms with Crippen LogP contribution in [0.1, 0.15) is 18.1 Å². The Hall–Kier alpha value is -2.44. The maximum atomic E-state index is 12.9. The molecule has 1 aromatic heterocycles. The Bertz CT molecular complexity index is 1120. The molecule has 0 aliphatic carbocycles. The standard InChI is InChI=1S/C20H19ClN2O3S/c1-3-23-12-18(16-8-10-17(21)11-9-16)22-19(20(23)24)27(25,26)13-15-6-4-14(2)5-7-15/h4-12H,3,13H2,1-2H3. The van der Waals surface area contributed by atoms with Crippen molar-refractivity contribution < 1.29 is 8.42 Å². The third kappa shape index (κ3) is 4.28. The third-order valence-electron chi connectivity index (χ3n) is 4.20. The SMILES string of the molecule is CCn1cc(-c2ccc(Cl)cc2)nc(S(=O)(=O)Cc2ccc(C)cc2)c1=O. The number of benzene rings is 2. The lowest BCUT2D eigenvalue weighted by atomic mass is 10.2. The quantitative estimate of drug-likeness (QED) is 0.649. The lowest BCUT2D eigenvalue weighted by molar-refractivity contribution is 0.584. The second-order valence-corrected chi connectivity index (χ2v) is 8.62. The molecule has 0 bridgehead atoms. The average Bonchev–Trinajstić information content (AvgIpc) is 2.64. The number of aryl methyl sites for hydroxylation is 2. The Morgan fingerprint density at radius 2 is 1.67 bits per heavy atom. The first-order valence-electron chi connectivity index (χ1n) is 8.46. The minimum absolute atomic E-state index is 0.274. The summed E-state index contributed by atoms with van der Waals surface area (Å²) < 4.78 is 27.2. The summed E-state index contributed by atoms with van der Waals surface area (Å²) in [6, 6.07) is 14.0. The summed E-state index contributed by atoms with van der Waals surface area (Å²) in [5.74, 6) is -0.274. The largest absolute Gasteiger partial charge is 0.311 e. The Balaban J connectivity index is 2.10. The molecule has 0 atom stereocenters. The molecule has 1 heterocycles. The van der Waals surface area contributed by atoms with E-state index in [0.717, 1.165) is 5.56 Å². The first kappa shape index (κ1) is 19.3. The van der Waals surface area contributed by atoms with Crippen molar-refractivity contribution >= 4 is 21.4 Å². The van der Waals surface area contributed by atoms with Crippen LogP contribution in [-0.4, -0.2) is 18.0 Å². The summed E-state index contributed by atoms with van der Waals surface area (Å²) in [6.45, 7) is 4.05. The summed E-state index contributed by atoms with van der Waals surface area (Å²) >= 11 is 5.92. The topological polar surface area (TPSA) is 69.0 Å². The fraction of sp³-hybridized carbons (Fsp3) is 0.200. The van der Waals surface area contributed by atoms with Crippen molar-refractivity contribution in [3.63, 3.8) is 0 Å². The van der Waals surface area contributed by atoms with Crippen molar-refractivity contribution in [3.05, 3.63) is 81.2 Å². The van der Waals surface area contributed by atoms with Gasteiger partial charge in [0.25, 0.3) is 5.56 Å². The molecule has 0 radical (unpaired) electrons. The first-order valence-corrected chi connectivity index (χ1v) is 10.5.